The van der Waals surface area contributed by atoms with Gasteiger partial charge in [0.25, 0.3) is 0 Å². The maximum absolute atomic E-state index is 3.36. The average molecular weight is 51.9 g/mol. The van der Waals surface area contributed by atoms with E-state index in [0.717, 1.165) is 0 Å². The molecule has 20 valence electrons. The zero-order valence-electron chi connectivity index (χ0n) is 2.57. The molecule has 0 unspecified atom stereocenters. The zero-order valence-corrected chi connectivity index (χ0v) is 2.57. The van der Waals surface area contributed by atoms with Gasteiger partial charge in [-0.2, -0.15) is 0 Å². The molecule has 0 bridgehead atoms. The van der Waals surface area contributed by atoms with E-state index in [-0.39, 0.29) is 0 Å². The van der Waals surface area contributed by atoms with Crippen LogP contribution < -0.4 is 0 Å². The van der Waals surface area contributed by atoms with Crippen molar-refractivity contribution in [2.24, 2.45) is 0 Å². The van der Waals surface area contributed by atoms with Gasteiger partial charge in [-0.3, -0.25) is 0 Å². The first-order chi connectivity index (χ1) is 1.91. The zero-order chi connectivity index (χ0) is 3.41. The second-order valence-electron chi connectivity index (χ2n) is 0.471. The van der Waals surface area contributed by atoms with Crippen LogP contribution in [0, 0.1) is 0 Å². The van der Waals surface area contributed by atoms with Crippen LogP contribution in [0.15, 0.2) is 12.7 Å². The van der Waals surface area contributed by atoms with Gasteiger partial charge < -0.3 is 0 Å². The molecular formula is C3H5B. The van der Waals surface area contributed by atoms with Crippen molar-refractivity contribution in [1.29, 1.82) is 0 Å². The van der Waals surface area contributed by atoms with Crippen molar-refractivity contribution in [3.05, 3.63) is 12.7 Å². The summed E-state index contributed by atoms with van der Waals surface area (Å²) in [7, 11) is 3.36. The van der Waals surface area contributed by atoms with Crippen LogP contribution >= 0.6 is 0 Å². The van der Waals surface area contributed by atoms with Crippen LogP contribution in [0.5, 0.6) is 0 Å². The van der Waals surface area contributed by atoms with Gasteiger partial charge in [0.1, 0.15) is 0 Å². The summed E-state index contributed by atoms with van der Waals surface area (Å²) >= 11 is 0. The Balaban J connectivity index is 2.73. The molecule has 0 saturated carbocycles. The molecule has 0 atom stereocenters. The third-order valence-corrected chi connectivity index (χ3v) is 0.167. The Kier molecular flexibility index (Phi) is 2.46. The third-order valence-electron chi connectivity index (χ3n) is 0.167. The molecule has 0 aliphatic carbocycles. The SMILES string of the molecule is B=CC=C. The van der Waals surface area contributed by atoms with E-state index in [4.69, 9.17) is 0 Å². The minimum atomic E-state index is 1.64. The molecule has 0 aromatic heterocycles. The van der Waals surface area contributed by atoms with Crippen molar-refractivity contribution in [2.75, 3.05) is 0 Å². The van der Waals surface area contributed by atoms with E-state index < -0.39 is 0 Å². The second kappa shape index (κ2) is 2.67. The molecule has 1 heteroatoms. The molecule has 0 fully saturated rings. The first-order valence-corrected chi connectivity index (χ1v) is 1.15. The quantitative estimate of drug-likeness (QED) is 0.364. The molecule has 0 spiro atoms. The Bertz CT molecular complexity index is 24.3. The summed E-state index contributed by atoms with van der Waals surface area (Å²) in [5, 5.41) is 0. The fraction of sp³-hybridized carbons (Fsp3) is 0. The number of hydrogen-bond donors (Lipinski definition) is 0. The van der Waals surface area contributed by atoms with E-state index in [1.54, 1.807) is 12.0 Å². The van der Waals surface area contributed by atoms with E-state index in [2.05, 4.69) is 14.1 Å². The van der Waals surface area contributed by atoms with Gasteiger partial charge >= 0.3 is 26.1 Å². The van der Waals surface area contributed by atoms with E-state index in [9.17, 15) is 0 Å². The summed E-state index contributed by atoms with van der Waals surface area (Å²) in [6, 6.07) is 0. The van der Waals surface area contributed by atoms with Gasteiger partial charge in [-0.25, -0.2) is 0 Å². The van der Waals surface area contributed by atoms with Crippen LogP contribution in [0.2, 0.25) is 0 Å². The molecule has 0 nitrogen and oxygen atoms in total. The summed E-state index contributed by atoms with van der Waals surface area (Å²) in [5.41, 5.74) is 0. The summed E-state index contributed by atoms with van der Waals surface area (Å²) in [6.45, 7) is 3.36. The van der Waals surface area contributed by atoms with Gasteiger partial charge in [0.15, 0.2) is 0 Å². The van der Waals surface area contributed by atoms with Gasteiger partial charge in [-0.05, 0) is 0 Å². The number of allylic oxidation sites excluding steroid dienone is 1. The molecule has 4 heavy (non-hydrogen) atoms. The van der Waals surface area contributed by atoms with Crippen molar-refractivity contribution in [3.63, 3.8) is 0 Å². The Labute approximate surface area is 27.2 Å². The van der Waals surface area contributed by atoms with Gasteiger partial charge in [-0.15, -0.1) is 0 Å². The van der Waals surface area contributed by atoms with Crippen LogP contribution in [-0.4, -0.2) is 13.5 Å². The molecule has 0 aromatic rings. The molecule has 0 radical (unpaired) electrons. The average Bonchev–Trinajstić information content (AvgIpc) is 1.37. The van der Waals surface area contributed by atoms with E-state index in [1.165, 1.54) is 0 Å². The molecule has 0 aromatic carbocycles. The molecule has 0 heterocycles. The number of hydrogen-bond acceptors (Lipinski definition) is 0. The summed E-state index contributed by atoms with van der Waals surface area (Å²) in [5.74, 6) is 1.64. The topological polar surface area (TPSA) is 0 Å². The van der Waals surface area contributed by atoms with E-state index in [0.29, 0.717) is 0 Å². The summed E-state index contributed by atoms with van der Waals surface area (Å²) < 4.78 is 0. The molecule has 0 aliphatic rings. The van der Waals surface area contributed by atoms with Crippen molar-refractivity contribution in [2.45, 2.75) is 0 Å². The van der Waals surface area contributed by atoms with Crippen molar-refractivity contribution >= 4 is 13.5 Å². The van der Waals surface area contributed by atoms with E-state index in [1.807, 2.05) is 0 Å². The van der Waals surface area contributed by atoms with Crippen LogP contribution in [0.25, 0.3) is 0 Å². The predicted octanol–water partition coefficient (Wildman–Crippen LogP) is -0.125. The Morgan fingerprint density at radius 2 is 2.00 bits per heavy atom. The molecule has 0 rings (SSSR count). The fourth-order valence-electron chi connectivity index (χ4n) is 0. The third kappa shape index (κ3) is 1.67. The molecule has 0 N–H and O–H groups in total. The Morgan fingerprint density at radius 3 is 2.00 bits per heavy atom. The molecule has 0 aliphatic heterocycles. The number of rotatable bonds is 1. The molecule has 0 amide bonds. The monoisotopic (exact) mass is 52.0 g/mol. The van der Waals surface area contributed by atoms with Crippen LogP contribution in [0.4, 0.5) is 0 Å². The van der Waals surface area contributed by atoms with Crippen LogP contribution in [0.3, 0.4) is 0 Å². The van der Waals surface area contributed by atoms with Crippen molar-refractivity contribution in [1.82, 2.24) is 0 Å². The van der Waals surface area contributed by atoms with Crippen molar-refractivity contribution < 1.29 is 0 Å². The minimum absolute atomic E-state index is 1.64. The predicted molar refractivity (Wildman–Crippen MR) is 23.4 cm³/mol. The van der Waals surface area contributed by atoms with Gasteiger partial charge in [0, 0.05) is 0 Å². The van der Waals surface area contributed by atoms with Gasteiger partial charge in [-0.1, -0.05) is 0 Å². The molecular weight excluding hydrogens is 46.8 g/mol. The summed E-state index contributed by atoms with van der Waals surface area (Å²) in [6.07, 6.45) is 1.64. The second-order valence-corrected chi connectivity index (χ2v) is 0.471. The van der Waals surface area contributed by atoms with Gasteiger partial charge in [0.2, 0.25) is 0 Å². The van der Waals surface area contributed by atoms with Crippen LogP contribution in [-0.2, 0) is 0 Å². The first kappa shape index (κ1) is 3.67. The standard InChI is InChI=1S/C3H5B/c1-2-3-4/h2-4H,1H2. The maximum atomic E-state index is 3.36. The van der Waals surface area contributed by atoms with Crippen molar-refractivity contribution in [3.8, 4) is 0 Å². The van der Waals surface area contributed by atoms with Crippen LogP contribution in [0.1, 0.15) is 0 Å². The molecule has 0 saturated heterocycles. The Hall–Kier alpha value is -0.325. The fourth-order valence-corrected chi connectivity index (χ4v) is 0. The summed E-state index contributed by atoms with van der Waals surface area (Å²) in [4.78, 5) is 0. The normalized spacial score (nSPS) is 4.75. The van der Waals surface area contributed by atoms with E-state index >= 15 is 0 Å². The first-order valence-electron chi connectivity index (χ1n) is 1.15. The van der Waals surface area contributed by atoms with Gasteiger partial charge in [0.05, 0.1) is 0 Å². The Morgan fingerprint density at radius 1 is 1.75 bits per heavy atom.